The van der Waals surface area contributed by atoms with Gasteiger partial charge in [0.1, 0.15) is 11.8 Å². The van der Waals surface area contributed by atoms with Crippen molar-refractivity contribution in [1.29, 1.82) is 5.26 Å². The van der Waals surface area contributed by atoms with Crippen LogP contribution in [0, 0.1) is 11.3 Å². The number of nitriles is 1. The predicted octanol–water partition coefficient (Wildman–Crippen LogP) is 4.54. The SMILES string of the molecule is N#CC1=C(c2ccccc2)C=C(c2ccc(Cl)cc2)/C1=N/O. The van der Waals surface area contributed by atoms with Crippen LogP contribution < -0.4 is 0 Å². The first-order valence-corrected chi connectivity index (χ1v) is 7.02. The van der Waals surface area contributed by atoms with Crippen LogP contribution in [0.15, 0.2) is 71.4 Å². The Balaban J connectivity index is 2.15. The van der Waals surface area contributed by atoms with E-state index >= 15 is 0 Å². The van der Waals surface area contributed by atoms with E-state index in [9.17, 15) is 10.5 Å². The van der Waals surface area contributed by atoms with Crippen molar-refractivity contribution >= 4 is 28.5 Å². The molecule has 0 radical (unpaired) electrons. The summed E-state index contributed by atoms with van der Waals surface area (Å²) in [5.74, 6) is 0. The van der Waals surface area contributed by atoms with E-state index in [1.165, 1.54) is 0 Å². The molecule has 0 unspecified atom stereocenters. The number of benzene rings is 2. The summed E-state index contributed by atoms with van der Waals surface area (Å²) in [5.41, 5.74) is 3.85. The summed E-state index contributed by atoms with van der Waals surface area (Å²) >= 11 is 5.91. The monoisotopic (exact) mass is 306 g/mol. The second-order valence-electron chi connectivity index (χ2n) is 4.78. The van der Waals surface area contributed by atoms with Crippen LogP contribution in [0.5, 0.6) is 0 Å². The summed E-state index contributed by atoms with van der Waals surface area (Å²) in [6.45, 7) is 0. The number of allylic oxidation sites excluding steroid dienone is 4. The lowest BCUT2D eigenvalue weighted by Crippen LogP contribution is -2.01. The van der Waals surface area contributed by atoms with Gasteiger partial charge in [0.15, 0.2) is 0 Å². The standard InChI is InChI=1S/C18H11ClN2O/c19-14-8-6-13(7-9-14)16-10-15(12-4-2-1-3-5-12)17(11-20)18(16)21-22/h1-10,22H/b21-18-. The first-order chi connectivity index (χ1) is 10.7. The van der Waals surface area contributed by atoms with Crippen LogP contribution in [0.1, 0.15) is 11.1 Å². The van der Waals surface area contributed by atoms with Crippen molar-refractivity contribution in [3.63, 3.8) is 0 Å². The van der Waals surface area contributed by atoms with E-state index in [1.54, 1.807) is 12.1 Å². The Kier molecular flexibility index (Phi) is 3.78. The van der Waals surface area contributed by atoms with Crippen molar-refractivity contribution in [2.24, 2.45) is 5.16 Å². The smallest absolute Gasteiger partial charge is 0.128 e. The maximum absolute atomic E-state index is 9.45. The zero-order chi connectivity index (χ0) is 15.5. The molecule has 0 bridgehead atoms. The summed E-state index contributed by atoms with van der Waals surface area (Å²) in [5, 5.41) is 22.8. The second-order valence-corrected chi connectivity index (χ2v) is 5.22. The van der Waals surface area contributed by atoms with Crippen molar-refractivity contribution in [2.75, 3.05) is 0 Å². The van der Waals surface area contributed by atoms with Crippen molar-refractivity contribution < 1.29 is 5.21 Å². The van der Waals surface area contributed by atoms with Gasteiger partial charge in [-0.15, -0.1) is 0 Å². The third-order valence-electron chi connectivity index (χ3n) is 3.50. The highest BCUT2D eigenvalue weighted by Crippen LogP contribution is 2.35. The van der Waals surface area contributed by atoms with Crippen LogP contribution in [0.3, 0.4) is 0 Å². The largest absolute Gasteiger partial charge is 0.410 e. The zero-order valence-electron chi connectivity index (χ0n) is 11.5. The maximum Gasteiger partial charge on any atom is 0.128 e. The van der Waals surface area contributed by atoms with Gasteiger partial charge in [-0.1, -0.05) is 59.2 Å². The molecule has 0 aliphatic heterocycles. The van der Waals surface area contributed by atoms with Crippen LogP contribution in [0.4, 0.5) is 0 Å². The average molecular weight is 307 g/mol. The van der Waals surface area contributed by atoms with Gasteiger partial charge in [0.25, 0.3) is 0 Å². The molecular weight excluding hydrogens is 296 g/mol. The molecular formula is C18H11ClN2O. The molecule has 0 saturated heterocycles. The maximum atomic E-state index is 9.45. The molecule has 0 heterocycles. The minimum absolute atomic E-state index is 0.281. The predicted molar refractivity (Wildman–Crippen MR) is 87.6 cm³/mol. The van der Waals surface area contributed by atoms with E-state index in [2.05, 4.69) is 11.2 Å². The van der Waals surface area contributed by atoms with Crippen LogP contribution in [0.25, 0.3) is 11.1 Å². The normalized spacial score (nSPS) is 15.8. The lowest BCUT2D eigenvalue weighted by atomic mass is 10.0. The van der Waals surface area contributed by atoms with Gasteiger partial charge in [-0.3, -0.25) is 0 Å². The van der Waals surface area contributed by atoms with Gasteiger partial charge in [-0.2, -0.15) is 5.26 Å². The summed E-state index contributed by atoms with van der Waals surface area (Å²) in [6.07, 6.45) is 1.87. The molecule has 22 heavy (non-hydrogen) atoms. The lowest BCUT2D eigenvalue weighted by Gasteiger charge is -2.03. The highest BCUT2D eigenvalue weighted by Gasteiger charge is 2.26. The highest BCUT2D eigenvalue weighted by atomic mass is 35.5. The molecule has 0 amide bonds. The highest BCUT2D eigenvalue weighted by molar-refractivity contribution is 6.40. The fourth-order valence-corrected chi connectivity index (χ4v) is 2.59. The van der Waals surface area contributed by atoms with Crippen molar-refractivity contribution in [2.45, 2.75) is 0 Å². The molecule has 2 aromatic carbocycles. The molecule has 3 nitrogen and oxygen atoms in total. The Morgan fingerprint density at radius 2 is 1.64 bits per heavy atom. The molecule has 0 atom stereocenters. The Labute approximate surface area is 133 Å². The van der Waals surface area contributed by atoms with E-state index in [0.717, 1.165) is 16.7 Å². The summed E-state index contributed by atoms with van der Waals surface area (Å²) in [4.78, 5) is 0. The van der Waals surface area contributed by atoms with Gasteiger partial charge in [-0.05, 0) is 29.3 Å². The van der Waals surface area contributed by atoms with Gasteiger partial charge in [0.2, 0.25) is 0 Å². The third kappa shape index (κ3) is 2.41. The Morgan fingerprint density at radius 3 is 2.23 bits per heavy atom. The first-order valence-electron chi connectivity index (χ1n) is 6.65. The van der Waals surface area contributed by atoms with E-state index in [4.69, 9.17) is 11.6 Å². The molecule has 2 aromatic rings. The fourth-order valence-electron chi connectivity index (χ4n) is 2.46. The molecule has 0 spiro atoms. The van der Waals surface area contributed by atoms with Crippen LogP contribution in [0.2, 0.25) is 5.02 Å². The van der Waals surface area contributed by atoms with E-state index < -0.39 is 0 Å². The van der Waals surface area contributed by atoms with Crippen LogP contribution in [-0.4, -0.2) is 10.9 Å². The minimum Gasteiger partial charge on any atom is -0.410 e. The molecule has 0 aromatic heterocycles. The molecule has 4 heteroatoms. The third-order valence-corrected chi connectivity index (χ3v) is 3.75. The van der Waals surface area contributed by atoms with E-state index in [-0.39, 0.29) is 5.71 Å². The number of oxime groups is 1. The number of nitrogens with zero attached hydrogens (tertiary/aromatic N) is 2. The molecule has 0 saturated carbocycles. The first kappa shape index (κ1) is 14.1. The Bertz CT molecular complexity index is 841. The number of halogens is 1. The van der Waals surface area contributed by atoms with Crippen LogP contribution in [-0.2, 0) is 0 Å². The second kappa shape index (κ2) is 5.88. The summed E-state index contributed by atoms with van der Waals surface area (Å²) < 4.78 is 0. The van der Waals surface area contributed by atoms with Crippen LogP contribution >= 0.6 is 11.6 Å². The fraction of sp³-hybridized carbons (Fsp3) is 0. The molecule has 106 valence electrons. The van der Waals surface area contributed by atoms with Gasteiger partial charge >= 0.3 is 0 Å². The van der Waals surface area contributed by atoms with Gasteiger partial charge in [-0.25, -0.2) is 0 Å². The van der Waals surface area contributed by atoms with Gasteiger partial charge in [0, 0.05) is 16.2 Å². The van der Waals surface area contributed by atoms with Gasteiger partial charge < -0.3 is 5.21 Å². The number of hydrogen-bond donors (Lipinski definition) is 1. The van der Waals surface area contributed by atoms with Crippen molar-refractivity contribution in [3.05, 3.63) is 82.4 Å². The lowest BCUT2D eigenvalue weighted by molar-refractivity contribution is 0.320. The van der Waals surface area contributed by atoms with Crippen molar-refractivity contribution in [1.82, 2.24) is 0 Å². The molecule has 1 N–H and O–H groups in total. The Hall–Kier alpha value is -2.83. The van der Waals surface area contributed by atoms with Gasteiger partial charge in [0.05, 0.1) is 5.57 Å². The van der Waals surface area contributed by atoms with E-state index in [1.807, 2.05) is 48.5 Å². The average Bonchev–Trinajstić information content (AvgIpc) is 2.95. The number of rotatable bonds is 2. The summed E-state index contributed by atoms with van der Waals surface area (Å²) in [6, 6.07) is 18.9. The zero-order valence-corrected chi connectivity index (χ0v) is 12.2. The Morgan fingerprint density at radius 1 is 0.955 bits per heavy atom. The molecule has 0 fully saturated rings. The minimum atomic E-state index is 0.281. The van der Waals surface area contributed by atoms with Crippen molar-refractivity contribution in [3.8, 4) is 6.07 Å². The molecule has 3 rings (SSSR count). The quantitative estimate of drug-likeness (QED) is 0.654. The molecule has 1 aliphatic rings. The number of hydrogen-bond acceptors (Lipinski definition) is 3. The summed E-state index contributed by atoms with van der Waals surface area (Å²) in [7, 11) is 0. The van der Waals surface area contributed by atoms with E-state index in [0.29, 0.717) is 16.2 Å². The topological polar surface area (TPSA) is 56.4 Å². The molecule has 1 aliphatic carbocycles.